The first-order valence-corrected chi connectivity index (χ1v) is 14.4. The molecule has 0 aromatic heterocycles. The summed E-state index contributed by atoms with van der Waals surface area (Å²) in [5.41, 5.74) is -2.03. The number of nitrogens with zero attached hydrogens (tertiary/aromatic N) is 1. The van der Waals surface area contributed by atoms with Gasteiger partial charge in [0.25, 0.3) is 0 Å². The quantitative estimate of drug-likeness (QED) is 0.293. The molecule has 136 valence electrons. The molecule has 4 aromatic rings. The van der Waals surface area contributed by atoms with E-state index >= 15 is 0 Å². The fourth-order valence-electron chi connectivity index (χ4n) is 3.03. The Kier molecular flexibility index (Phi) is 6.16. The third kappa shape index (κ3) is 4.17. The van der Waals surface area contributed by atoms with Gasteiger partial charge in [0.1, 0.15) is 0 Å². The van der Waals surface area contributed by atoms with E-state index in [4.69, 9.17) is 4.52 Å². The molecule has 0 saturated carbocycles. The minimum absolute atomic E-state index is 0.843. The van der Waals surface area contributed by atoms with E-state index < -0.39 is 13.4 Å². The molecule has 0 amide bonds. The van der Waals surface area contributed by atoms with Crippen molar-refractivity contribution in [3.63, 3.8) is 0 Å². The van der Waals surface area contributed by atoms with E-state index in [9.17, 15) is 0 Å². The molecule has 0 unspecified atom stereocenters. The number of hydrogen-bond donors (Lipinski definition) is 0. The molecule has 1 nitrogen and oxygen atoms in total. The predicted molar refractivity (Wildman–Crippen MR) is 126 cm³/mol. The molecule has 0 N–H and O–H groups in total. The topological polar surface area (TPSA) is 12.4 Å². The molecule has 4 aromatic carbocycles. The first-order valence-electron chi connectivity index (χ1n) is 9.12. The van der Waals surface area contributed by atoms with Crippen LogP contribution in [-0.4, -0.2) is 15.1 Å². The van der Waals surface area contributed by atoms with Crippen molar-refractivity contribution in [2.75, 3.05) is 0 Å². The van der Waals surface area contributed by atoms with Gasteiger partial charge in [-0.25, -0.2) is 0 Å². The molecule has 0 aliphatic rings. The van der Waals surface area contributed by atoms with E-state index in [1.807, 2.05) is 0 Å². The van der Waals surface area contributed by atoms with Crippen LogP contribution in [0.2, 0.25) is 0 Å². The van der Waals surface area contributed by atoms with Gasteiger partial charge in [0.05, 0.1) is 0 Å². The molecule has 0 fully saturated rings. The van der Waals surface area contributed by atoms with Gasteiger partial charge in [0.15, 0.2) is 0 Å². The van der Waals surface area contributed by atoms with Gasteiger partial charge in [0, 0.05) is 0 Å². The standard InChI is InChI=1S/C24H20NP2Se/c28-27(23-17-9-3-10-18-23,24-19-11-4-12-20-24)25-26(21-13-5-1-6-14-21)22-15-7-2-8-16-22/h1-20H/q+1. The van der Waals surface area contributed by atoms with Crippen molar-refractivity contribution in [1.29, 1.82) is 0 Å². The van der Waals surface area contributed by atoms with E-state index in [0.29, 0.717) is 0 Å². The molecule has 4 heteroatoms. The van der Waals surface area contributed by atoms with Gasteiger partial charge in [-0.1, -0.05) is 0 Å². The Balaban J connectivity index is 1.99. The molecule has 28 heavy (non-hydrogen) atoms. The Hall–Kier alpha value is -2.07. The van der Waals surface area contributed by atoms with E-state index in [1.54, 1.807) is 0 Å². The molecule has 4 rings (SSSR count). The molecule has 0 radical (unpaired) electrons. The van der Waals surface area contributed by atoms with Crippen molar-refractivity contribution in [2.45, 2.75) is 0 Å². The maximum absolute atomic E-state index is 5.61. The van der Waals surface area contributed by atoms with Gasteiger partial charge in [-0.15, -0.1) is 0 Å². The van der Waals surface area contributed by atoms with Crippen molar-refractivity contribution in [2.24, 2.45) is 4.52 Å². The second kappa shape index (κ2) is 8.95. The maximum atomic E-state index is 5.61. The van der Waals surface area contributed by atoms with Crippen LogP contribution < -0.4 is 21.2 Å². The van der Waals surface area contributed by atoms with Crippen molar-refractivity contribution < 1.29 is 0 Å². The molecule has 0 saturated heterocycles. The number of hydrogen-bond acceptors (Lipinski definition) is 1. The summed E-state index contributed by atoms with van der Waals surface area (Å²) in [5.74, 6) is 0. The van der Waals surface area contributed by atoms with E-state index in [2.05, 4.69) is 136 Å². The van der Waals surface area contributed by atoms with Crippen LogP contribution in [0.15, 0.2) is 126 Å². The fraction of sp³-hybridized carbons (Fsp3) is 0. The zero-order valence-electron chi connectivity index (χ0n) is 15.3. The Bertz CT molecular complexity index is 1030. The Morgan fingerprint density at radius 2 is 0.821 bits per heavy atom. The minimum atomic E-state index is -2.03. The first kappa shape index (κ1) is 19.3. The summed E-state index contributed by atoms with van der Waals surface area (Å²) >= 11 is 3.55. The second-order valence-electron chi connectivity index (χ2n) is 6.32. The fourth-order valence-corrected chi connectivity index (χ4v) is 11.3. The monoisotopic (exact) mass is 464 g/mol. The molecule has 0 spiro atoms. The summed E-state index contributed by atoms with van der Waals surface area (Å²) in [6.45, 7) is 0. The Morgan fingerprint density at radius 3 is 1.18 bits per heavy atom. The summed E-state index contributed by atoms with van der Waals surface area (Å²) < 4.78 is 5.61. The molecule has 0 aliphatic heterocycles. The Morgan fingerprint density at radius 1 is 0.500 bits per heavy atom. The van der Waals surface area contributed by atoms with Crippen molar-refractivity contribution in [3.8, 4) is 0 Å². The molecular formula is C24H20NP2Se+. The van der Waals surface area contributed by atoms with Gasteiger partial charge in [-0.2, -0.15) is 0 Å². The summed E-state index contributed by atoms with van der Waals surface area (Å²) in [7, 11) is -0.843. The van der Waals surface area contributed by atoms with Gasteiger partial charge >= 0.3 is 176 Å². The van der Waals surface area contributed by atoms with Crippen molar-refractivity contribution in [3.05, 3.63) is 121 Å². The zero-order chi connectivity index (χ0) is 19.2. The molecule has 0 heterocycles. The van der Waals surface area contributed by atoms with Gasteiger partial charge in [-0.05, 0) is 0 Å². The van der Waals surface area contributed by atoms with Crippen LogP contribution in [0.4, 0.5) is 0 Å². The molecule has 0 aliphatic carbocycles. The molecular weight excluding hydrogens is 443 g/mol. The van der Waals surface area contributed by atoms with Crippen molar-refractivity contribution in [1.82, 2.24) is 0 Å². The van der Waals surface area contributed by atoms with E-state index in [-0.39, 0.29) is 0 Å². The normalized spacial score (nSPS) is 11.0. The van der Waals surface area contributed by atoms with Gasteiger partial charge in [0.2, 0.25) is 0 Å². The third-order valence-electron chi connectivity index (χ3n) is 4.43. The zero-order valence-corrected chi connectivity index (χ0v) is 18.8. The summed E-state index contributed by atoms with van der Waals surface area (Å²) in [6.07, 6.45) is 0. The average Bonchev–Trinajstić information content (AvgIpc) is 2.80. The SMILES string of the molecule is [Se]=P(N=[P+](c1ccccc1)c1ccccc1)(c1ccccc1)c1ccccc1. The van der Waals surface area contributed by atoms with Gasteiger partial charge < -0.3 is 0 Å². The van der Waals surface area contributed by atoms with Crippen LogP contribution in [0.25, 0.3) is 0 Å². The Labute approximate surface area is 175 Å². The van der Waals surface area contributed by atoms with Crippen molar-refractivity contribution >= 4 is 49.7 Å². The first-order chi connectivity index (χ1) is 13.8. The van der Waals surface area contributed by atoms with Gasteiger partial charge in [-0.3, -0.25) is 0 Å². The number of rotatable bonds is 5. The van der Waals surface area contributed by atoms with E-state index in [1.165, 1.54) is 21.2 Å². The molecule has 0 bridgehead atoms. The van der Waals surface area contributed by atoms with Crippen LogP contribution in [0.3, 0.4) is 0 Å². The predicted octanol–water partition coefficient (Wildman–Crippen LogP) is 4.97. The van der Waals surface area contributed by atoms with Crippen LogP contribution in [-0.2, 0) is 0 Å². The second-order valence-corrected chi connectivity index (χ2v) is 14.2. The van der Waals surface area contributed by atoms with Crippen LogP contribution in [0, 0.1) is 0 Å². The summed E-state index contributed by atoms with van der Waals surface area (Å²) in [6, 6.07) is 42.7. The van der Waals surface area contributed by atoms with E-state index in [0.717, 1.165) is 0 Å². The third-order valence-corrected chi connectivity index (χ3v) is 13.8. The van der Waals surface area contributed by atoms with Crippen LogP contribution >= 0.6 is 13.4 Å². The molecule has 0 atom stereocenters. The van der Waals surface area contributed by atoms with Crippen LogP contribution in [0.1, 0.15) is 0 Å². The number of benzene rings is 4. The summed E-state index contributed by atoms with van der Waals surface area (Å²) in [5, 5.41) is 5.08. The summed E-state index contributed by atoms with van der Waals surface area (Å²) in [4.78, 5) is 0. The average molecular weight is 463 g/mol. The van der Waals surface area contributed by atoms with Crippen LogP contribution in [0.5, 0.6) is 0 Å².